The quantitative estimate of drug-likeness (QED) is 0.0983. The molecule has 1 fully saturated rings. The Kier molecular flexibility index (Phi) is 13.2. The minimum atomic E-state index is -2.42. The Bertz CT molecular complexity index is 1880. The zero-order chi connectivity index (χ0) is 37.8. The molecular formula is C36H52BBrN6O4P2. The molecule has 5 rings (SSSR count). The van der Waals surface area contributed by atoms with Gasteiger partial charge in [-0.3, -0.25) is 0 Å². The second kappa shape index (κ2) is 16.0. The summed E-state index contributed by atoms with van der Waals surface area (Å²) in [7, 11) is 2.56. The summed E-state index contributed by atoms with van der Waals surface area (Å²) in [6.45, 7) is 14.9. The Balaban J connectivity index is 0.000000214. The van der Waals surface area contributed by atoms with E-state index in [1.54, 1.807) is 38.8 Å². The van der Waals surface area contributed by atoms with Crippen molar-refractivity contribution < 1.29 is 18.4 Å². The monoisotopic (exact) mass is 784 g/mol. The van der Waals surface area contributed by atoms with Crippen LogP contribution in [0.5, 0.6) is 0 Å². The lowest BCUT2D eigenvalue weighted by molar-refractivity contribution is 0.00578. The third-order valence-corrected chi connectivity index (χ3v) is 12.0. The molecule has 1 aliphatic heterocycles. The third kappa shape index (κ3) is 10.7. The van der Waals surface area contributed by atoms with Crippen LogP contribution in [-0.2, 0) is 18.4 Å². The van der Waals surface area contributed by atoms with Gasteiger partial charge in [0, 0.05) is 55.7 Å². The Morgan fingerprint density at radius 1 is 0.680 bits per heavy atom. The topological polar surface area (TPSA) is 137 Å². The molecule has 4 aromatic rings. The van der Waals surface area contributed by atoms with Crippen LogP contribution < -0.4 is 37.3 Å². The summed E-state index contributed by atoms with van der Waals surface area (Å²) >= 11 is 3.29. The highest BCUT2D eigenvalue weighted by molar-refractivity contribution is 9.10. The van der Waals surface area contributed by atoms with Crippen LogP contribution in [0.25, 0.3) is 11.3 Å². The summed E-state index contributed by atoms with van der Waals surface area (Å²) in [5, 5.41) is 1.40. The predicted molar refractivity (Wildman–Crippen MR) is 219 cm³/mol. The maximum atomic E-state index is 12.3. The van der Waals surface area contributed by atoms with E-state index in [0.717, 1.165) is 33.0 Å². The second-order valence-corrected chi connectivity index (χ2v) is 21.5. The number of hydrogen-bond acceptors (Lipinski definition) is 10. The Hall–Kier alpha value is -3.14. The molecule has 50 heavy (non-hydrogen) atoms. The molecule has 0 saturated carbocycles. The number of hydrogen-bond donors (Lipinski definition) is 2. The van der Waals surface area contributed by atoms with Gasteiger partial charge in [0.25, 0.3) is 0 Å². The largest absolute Gasteiger partial charge is 0.494 e. The lowest BCUT2D eigenvalue weighted by Gasteiger charge is -2.32. The first-order valence-electron chi connectivity index (χ1n) is 16.1. The van der Waals surface area contributed by atoms with Crippen LogP contribution in [0.3, 0.4) is 0 Å². The normalized spacial score (nSPS) is 14.9. The average Bonchev–Trinajstić information content (AvgIpc) is 3.23. The number of aromatic nitrogens is 2. The van der Waals surface area contributed by atoms with Gasteiger partial charge in [-0.2, -0.15) is 0 Å². The minimum Gasteiger partial charge on any atom is -0.399 e. The molecule has 3 heterocycles. The number of anilines is 4. The predicted octanol–water partition coefficient (Wildman–Crippen LogP) is 6.37. The van der Waals surface area contributed by atoms with Gasteiger partial charge in [0.1, 0.15) is 30.5 Å². The first-order chi connectivity index (χ1) is 22.9. The number of nitrogen functional groups attached to an aromatic ring is 2. The van der Waals surface area contributed by atoms with Gasteiger partial charge in [-0.15, -0.1) is 0 Å². The van der Waals surface area contributed by atoms with E-state index in [0.29, 0.717) is 22.0 Å². The van der Waals surface area contributed by atoms with Crippen molar-refractivity contribution in [3.05, 3.63) is 77.4 Å². The number of nitrogens with zero attached hydrogens (tertiary/aromatic N) is 4. The van der Waals surface area contributed by atoms with Gasteiger partial charge in [0.05, 0.1) is 16.9 Å². The van der Waals surface area contributed by atoms with Crippen molar-refractivity contribution in [2.75, 3.05) is 76.1 Å². The van der Waals surface area contributed by atoms with Gasteiger partial charge in [-0.1, -0.05) is 24.3 Å². The third-order valence-electron chi connectivity index (χ3n) is 8.42. The Labute approximate surface area is 307 Å². The minimum absolute atomic E-state index is 0.388. The fourth-order valence-electron chi connectivity index (χ4n) is 4.80. The van der Waals surface area contributed by atoms with Crippen LogP contribution >= 0.6 is 30.2 Å². The van der Waals surface area contributed by atoms with Crippen molar-refractivity contribution in [1.29, 1.82) is 0 Å². The summed E-state index contributed by atoms with van der Waals surface area (Å²) in [6, 6.07) is 22.8. The van der Waals surface area contributed by atoms with Crippen molar-refractivity contribution in [3.8, 4) is 11.3 Å². The number of pyridine rings is 2. The van der Waals surface area contributed by atoms with Crippen molar-refractivity contribution in [2.45, 2.75) is 38.9 Å². The van der Waals surface area contributed by atoms with E-state index in [2.05, 4.69) is 25.9 Å². The number of benzene rings is 2. The van der Waals surface area contributed by atoms with Crippen molar-refractivity contribution in [1.82, 2.24) is 9.97 Å². The van der Waals surface area contributed by atoms with Gasteiger partial charge in [-0.05, 0) is 124 Å². The maximum absolute atomic E-state index is 12.3. The summed E-state index contributed by atoms with van der Waals surface area (Å²) in [6.07, 6.45) is 0. The molecule has 2 aromatic heterocycles. The molecule has 270 valence electrons. The molecule has 1 saturated heterocycles. The standard InChI is InChI=1S/C15H20N3OP.C14H23BNO3P.C7H9BrN2/c1-18(2)15-7-5-6-13(17-15)11-8-9-12(16)14(10-11)20(3,4)19;1-13(2)14(3,4)19-15(18-13)10-7-8-11(16)12(9-10)20(5,6)17;1-10(2)7-5-3-4-6(8)9-7/h5-10H,16H2,1-4H3;7-9H,16H2,1-6H3;3-5H,1-2H3. The number of rotatable bonds is 6. The van der Waals surface area contributed by atoms with Crippen molar-refractivity contribution in [2.24, 2.45) is 0 Å². The number of nitrogens with two attached hydrogens (primary N) is 2. The molecule has 1 aliphatic rings. The van der Waals surface area contributed by atoms with E-state index >= 15 is 0 Å². The molecule has 2 aromatic carbocycles. The molecule has 0 spiro atoms. The van der Waals surface area contributed by atoms with E-state index in [9.17, 15) is 9.13 Å². The van der Waals surface area contributed by atoms with Crippen LogP contribution in [0, 0.1) is 0 Å². The number of halogens is 1. The van der Waals surface area contributed by atoms with E-state index in [1.807, 2.05) is 126 Å². The molecule has 0 bridgehead atoms. The molecule has 4 N–H and O–H groups in total. The average molecular weight is 786 g/mol. The summed E-state index contributed by atoms with van der Waals surface area (Å²) < 4.78 is 37.5. The molecule has 0 amide bonds. The fourth-order valence-corrected chi connectivity index (χ4v) is 7.44. The van der Waals surface area contributed by atoms with Gasteiger partial charge in [0.15, 0.2) is 0 Å². The molecule has 0 radical (unpaired) electrons. The summed E-state index contributed by atoms with van der Waals surface area (Å²) in [5.74, 6) is 1.85. The Morgan fingerprint density at radius 3 is 1.60 bits per heavy atom. The van der Waals surface area contributed by atoms with Crippen LogP contribution in [0.2, 0.25) is 0 Å². The molecule has 0 unspecified atom stereocenters. The van der Waals surface area contributed by atoms with Crippen LogP contribution in [0.4, 0.5) is 23.0 Å². The van der Waals surface area contributed by atoms with Crippen molar-refractivity contribution in [3.63, 3.8) is 0 Å². The zero-order valence-electron chi connectivity index (χ0n) is 31.4. The highest BCUT2D eigenvalue weighted by Crippen LogP contribution is 2.39. The Morgan fingerprint density at radius 2 is 1.14 bits per heavy atom. The van der Waals surface area contributed by atoms with E-state index in [-0.39, 0.29) is 11.2 Å². The SMILES string of the molecule is CC1(C)OB(c2ccc(N)c(P(C)(C)=O)c2)OC1(C)C.CN(C)c1cccc(-c2ccc(N)c(P(C)(C)=O)c2)n1.CN(C)c1cccc(Br)n1. The van der Waals surface area contributed by atoms with Gasteiger partial charge in [0.2, 0.25) is 0 Å². The van der Waals surface area contributed by atoms with E-state index in [1.165, 1.54) is 0 Å². The molecule has 14 heteroatoms. The lowest BCUT2D eigenvalue weighted by atomic mass is 9.79. The van der Waals surface area contributed by atoms with Gasteiger partial charge < -0.3 is 39.7 Å². The van der Waals surface area contributed by atoms with Crippen LogP contribution in [0.1, 0.15) is 27.7 Å². The first-order valence-corrected chi connectivity index (χ1v) is 22.1. The smallest absolute Gasteiger partial charge is 0.399 e. The lowest BCUT2D eigenvalue weighted by Crippen LogP contribution is -2.41. The van der Waals surface area contributed by atoms with Crippen LogP contribution in [0.15, 0.2) is 77.4 Å². The molecule has 0 atom stereocenters. The maximum Gasteiger partial charge on any atom is 0.494 e. The first kappa shape index (κ1) is 41.3. The zero-order valence-corrected chi connectivity index (χ0v) is 34.7. The molecule has 0 aliphatic carbocycles. The summed E-state index contributed by atoms with van der Waals surface area (Å²) in [5.41, 5.74) is 14.9. The second-order valence-electron chi connectivity index (χ2n) is 14.4. The highest BCUT2D eigenvalue weighted by Gasteiger charge is 2.51. The van der Waals surface area contributed by atoms with E-state index < -0.39 is 21.4 Å². The summed E-state index contributed by atoms with van der Waals surface area (Å²) in [4.78, 5) is 12.7. The molecular weight excluding hydrogens is 733 g/mol. The van der Waals surface area contributed by atoms with E-state index in [4.69, 9.17) is 20.8 Å². The molecule has 10 nitrogen and oxygen atoms in total. The fraction of sp³-hybridized carbons (Fsp3) is 0.389. The van der Waals surface area contributed by atoms with Crippen molar-refractivity contribution >= 4 is 76.4 Å². The highest BCUT2D eigenvalue weighted by atomic mass is 79.9. The van der Waals surface area contributed by atoms with Gasteiger partial charge >= 0.3 is 7.12 Å². The van der Waals surface area contributed by atoms with Crippen LogP contribution in [-0.4, -0.2) is 83.1 Å². The van der Waals surface area contributed by atoms with Gasteiger partial charge in [-0.25, -0.2) is 9.97 Å².